The summed E-state index contributed by atoms with van der Waals surface area (Å²) >= 11 is 0. The molecule has 0 saturated heterocycles. The fourth-order valence-corrected chi connectivity index (χ4v) is 1.25. The number of carboxylic acids is 1. The number of pyridine rings is 1. The number of ether oxygens (including phenoxy) is 1. The van der Waals surface area contributed by atoms with Crippen LogP contribution in [0.3, 0.4) is 0 Å². The highest BCUT2D eigenvalue weighted by atomic mass is 16.5. The molecule has 0 unspecified atom stereocenters. The van der Waals surface area contributed by atoms with Crippen molar-refractivity contribution in [3.8, 4) is 11.5 Å². The van der Waals surface area contributed by atoms with Gasteiger partial charge in [0.2, 0.25) is 0 Å². The Balaban J connectivity index is 0.000000399. The van der Waals surface area contributed by atoms with Crippen molar-refractivity contribution in [2.45, 2.75) is 13.5 Å². The summed E-state index contributed by atoms with van der Waals surface area (Å²) in [5.41, 5.74) is 0.543. The molecule has 0 aliphatic heterocycles. The predicted molar refractivity (Wildman–Crippen MR) is 70.0 cm³/mol. The summed E-state index contributed by atoms with van der Waals surface area (Å²) in [4.78, 5) is 13.0. The van der Waals surface area contributed by atoms with Crippen LogP contribution in [-0.2, 0) is 11.4 Å². The van der Waals surface area contributed by atoms with E-state index in [1.807, 2.05) is 30.3 Å². The van der Waals surface area contributed by atoms with Crippen LogP contribution in [0.4, 0.5) is 0 Å². The minimum Gasteiger partial charge on any atom is -0.481 e. The van der Waals surface area contributed by atoms with Crippen LogP contribution in [0.1, 0.15) is 12.6 Å². The minimum atomic E-state index is -0.833. The first kappa shape index (κ1) is 14.7. The summed E-state index contributed by atoms with van der Waals surface area (Å²) in [6.07, 6.45) is 1.63. The van der Waals surface area contributed by atoms with Crippen molar-refractivity contribution >= 4 is 5.97 Å². The molecule has 1 aromatic carbocycles. The lowest BCUT2D eigenvalue weighted by molar-refractivity contribution is -0.134. The fraction of sp³-hybridized carbons (Fsp3) is 0.143. The highest BCUT2D eigenvalue weighted by Gasteiger charge is 2.03. The molecule has 0 aliphatic rings. The van der Waals surface area contributed by atoms with E-state index in [2.05, 4.69) is 4.98 Å². The molecule has 5 heteroatoms. The molecule has 0 spiro atoms. The lowest BCUT2D eigenvalue weighted by Crippen LogP contribution is -1.94. The Morgan fingerprint density at radius 1 is 1.21 bits per heavy atom. The Kier molecular flexibility index (Phi) is 6.05. The lowest BCUT2D eigenvalue weighted by atomic mass is 10.3. The Labute approximate surface area is 111 Å². The molecule has 2 aromatic rings. The SMILES string of the molecule is CC(=O)O.OCc1ncccc1Oc1ccccc1. The van der Waals surface area contributed by atoms with Crippen LogP contribution >= 0.6 is 0 Å². The van der Waals surface area contributed by atoms with Crippen LogP contribution in [0.2, 0.25) is 0 Å². The summed E-state index contributed by atoms with van der Waals surface area (Å²) in [6, 6.07) is 13.0. The third kappa shape index (κ3) is 5.65. The predicted octanol–water partition coefficient (Wildman–Crippen LogP) is 2.46. The van der Waals surface area contributed by atoms with Gasteiger partial charge in [0, 0.05) is 13.1 Å². The number of hydrogen-bond acceptors (Lipinski definition) is 4. The molecule has 2 N–H and O–H groups in total. The second kappa shape index (κ2) is 7.84. The molecule has 0 aliphatic carbocycles. The third-order valence-electron chi connectivity index (χ3n) is 1.97. The van der Waals surface area contributed by atoms with E-state index in [1.54, 1.807) is 18.3 Å². The van der Waals surface area contributed by atoms with Crippen molar-refractivity contribution in [3.63, 3.8) is 0 Å². The fourth-order valence-electron chi connectivity index (χ4n) is 1.25. The summed E-state index contributed by atoms with van der Waals surface area (Å²) in [6.45, 7) is 0.961. The smallest absolute Gasteiger partial charge is 0.300 e. The van der Waals surface area contributed by atoms with E-state index in [4.69, 9.17) is 19.7 Å². The van der Waals surface area contributed by atoms with Crippen molar-refractivity contribution in [2.24, 2.45) is 0 Å². The van der Waals surface area contributed by atoms with E-state index in [1.165, 1.54) is 0 Å². The average Bonchev–Trinajstić information content (AvgIpc) is 2.40. The van der Waals surface area contributed by atoms with Crippen molar-refractivity contribution in [1.29, 1.82) is 0 Å². The number of hydrogen-bond donors (Lipinski definition) is 2. The zero-order chi connectivity index (χ0) is 14.1. The Morgan fingerprint density at radius 2 is 1.84 bits per heavy atom. The normalized spacial score (nSPS) is 9.16. The molecule has 0 atom stereocenters. The van der Waals surface area contributed by atoms with E-state index >= 15 is 0 Å². The molecule has 1 aromatic heterocycles. The highest BCUT2D eigenvalue weighted by molar-refractivity contribution is 5.62. The molecule has 0 saturated carbocycles. The second-order valence-electron chi connectivity index (χ2n) is 3.54. The average molecular weight is 261 g/mol. The van der Waals surface area contributed by atoms with E-state index in [0.29, 0.717) is 11.4 Å². The molecular formula is C14H15NO4. The van der Waals surface area contributed by atoms with Gasteiger partial charge in [-0.1, -0.05) is 18.2 Å². The van der Waals surface area contributed by atoms with Gasteiger partial charge in [0.1, 0.15) is 11.4 Å². The molecule has 19 heavy (non-hydrogen) atoms. The highest BCUT2D eigenvalue weighted by Crippen LogP contribution is 2.23. The van der Waals surface area contributed by atoms with Crippen LogP contribution in [0.5, 0.6) is 11.5 Å². The van der Waals surface area contributed by atoms with Gasteiger partial charge in [0.05, 0.1) is 6.61 Å². The Morgan fingerprint density at radius 3 is 2.42 bits per heavy atom. The van der Waals surface area contributed by atoms with Gasteiger partial charge in [0.25, 0.3) is 5.97 Å². The topological polar surface area (TPSA) is 79.7 Å². The number of benzene rings is 1. The zero-order valence-corrected chi connectivity index (χ0v) is 10.5. The van der Waals surface area contributed by atoms with Gasteiger partial charge in [-0.3, -0.25) is 9.78 Å². The van der Waals surface area contributed by atoms with Crippen LogP contribution in [0.25, 0.3) is 0 Å². The zero-order valence-electron chi connectivity index (χ0n) is 10.5. The molecule has 100 valence electrons. The summed E-state index contributed by atoms with van der Waals surface area (Å²) < 4.78 is 5.58. The van der Waals surface area contributed by atoms with Gasteiger partial charge < -0.3 is 14.9 Å². The molecular weight excluding hydrogens is 246 g/mol. The molecule has 0 bridgehead atoms. The van der Waals surface area contributed by atoms with Gasteiger partial charge in [-0.25, -0.2) is 0 Å². The summed E-state index contributed by atoms with van der Waals surface area (Å²) in [7, 11) is 0. The standard InChI is InChI=1S/C12H11NO2.C2H4O2/c14-9-11-12(7-4-8-13-11)15-10-5-2-1-3-6-10;1-2(3)4/h1-8,14H,9H2;1H3,(H,3,4). The maximum Gasteiger partial charge on any atom is 0.300 e. The lowest BCUT2D eigenvalue weighted by Gasteiger charge is -2.07. The van der Waals surface area contributed by atoms with Gasteiger partial charge in [0.15, 0.2) is 5.75 Å². The number of para-hydroxylation sites is 1. The van der Waals surface area contributed by atoms with Crippen LogP contribution in [-0.4, -0.2) is 21.2 Å². The van der Waals surface area contributed by atoms with Crippen molar-refractivity contribution in [2.75, 3.05) is 0 Å². The first-order valence-corrected chi connectivity index (χ1v) is 5.60. The van der Waals surface area contributed by atoms with Crippen molar-refractivity contribution in [3.05, 3.63) is 54.4 Å². The summed E-state index contributed by atoms with van der Waals surface area (Å²) in [5, 5.41) is 16.5. The Hall–Kier alpha value is -2.40. The number of nitrogens with zero attached hydrogens (tertiary/aromatic N) is 1. The van der Waals surface area contributed by atoms with Gasteiger partial charge in [-0.05, 0) is 24.3 Å². The molecule has 0 radical (unpaired) electrons. The molecule has 0 amide bonds. The van der Waals surface area contributed by atoms with Crippen molar-refractivity contribution in [1.82, 2.24) is 4.98 Å². The number of aliphatic hydroxyl groups excluding tert-OH is 1. The number of aliphatic hydroxyl groups is 1. The second-order valence-corrected chi connectivity index (χ2v) is 3.54. The maximum absolute atomic E-state index is 9.05. The molecule has 0 fully saturated rings. The number of carboxylic acid groups (broad SMARTS) is 1. The third-order valence-corrected chi connectivity index (χ3v) is 1.97. The Bertz CT molecular complexity index is 510. The van der Waals surface area contributed by atoms with E-state index in [-0.39, 0.29) is 6.61 Å². The monoisotopic (exact) mass is 261 g/mol. The van der Waals surface area contributed by atoms with Crippen molar-refractivity contribution < 1.29 is 19.7 Å². The van der Waals surface area contributed by atoms with Crippen LogP contribution in [0, 0.1) is 0 Å². The minimum absolute atomic E-state index is 0.122. The maximum atomic E-state index is 9.05. The van der Waals surface area contributed by atoms with E-state index in [9.17, 15) is 0 Å². The molecule has 1 heterocycles. The largest absolute Gasteiger partial charge is 0.481 e. The van der Waals surface area contributed by atoms with E-state index < -0.39 is 5.97 Å². The number of aromatic nitrogens is 1. The quantitative estimate of drug-likeness (QED) is 0.887. The van der Waals surface area contributed by atoms with Crippen LogP contribution in [0.15, 0.2) is 48.7 Å². The van der Waals surface area contributed by atoms with Crippen LogP contribution < -0.4 is 4.74 Å². The van der Waals surface area contributed by atoms with Gasteiger partial charge in [-0.2, -0.15) is 0 Å². The first-order chi connectivity index (χ1) is 9.13. The van der Waals surface area contributed by atoms with Gasteiger partial charge >= 0.3 is 0 Å². The van der Waals surface area contributed by atoms with Gasteiger partial charge in [-0.15, -0.1) is 0 Å². The first-order valence-electron chi connectivity index (χ1n) is 5.60. The van der Waals surface area contributed by atoms with E-state index in [0.717, 1.165) is 12.7 Å². The number of carbonyl (C=O) groups is 1. The molecule has 5 nitrogen and oxygen atoms in total. The number of rotatable bonds is 3. The number of aliphatic carboxylic acids is 1. The summed E-state index contributed by atoms with van der Waals surface area (Å²) in [5.74, 6) is 0.492. The molecule has 2 rings (SSSR count).